The molecule has 1 saturated heterocycles. The molecular formula is C15H23N3O. The summed E-state index contributed by atoms with van der Waals surface area (Å²) < 4.78 is 0. The highest BCUT2D eigenvalue weighted by molar-refractivity contribution is 5.92. The van der Waals surface area contributed by atoms with E-state index in [1.165, 1.54) is 0 Å². The van der Waals surface area contributed by atoms with Crippen LogP contribution in [0.5, 0.6) is 0 Å². The summed E-state index contributed by atoms with van der Waals surface area (Å²) in [5, 5.41) is 0. The highest BCUT2D eigenvalue weighted by Gasteiger charge is 2.24. The molecule has 0 aliphatic carbocycles. The molecule has 1 aliphatic rings. The Labute approximate surface area is 115 Å². The van der Waals surface area contributed by atoms with E-state index in [-0.39, 0.29) is 6.03 Å². The number of benzene rings is 1. The Morgan fingerprint density at radius 2 is 2.11 bits per heavy atom. The largest absolute Gasteiger partial charge is 0.399 e. The average molecular weight is 261 g/mol. The van der Waals surface area contributed by atoms with Crippen molar-refractivity contribution < 1.29 is 4.79 Å². The van der Waals surface area contributed by atoms with Crippen LogP contribution >= 0.6 is 0 Å². The summed E-state index contributed by atoms with van der Waals surface area (Å²) in [5.41, 5.74) is 7.37. The fourth-order valence-electron chi connectivity index (χ4n) is 2.49. The van der Waals surface area contributed by atoms with Crippen LogP contribution in [-0.2, 0) is 0 Å². The molecule has 0 unspecified atom stereocenters. The molecule has 1 aromatic carbocycles. The average Bonchev–Trinajstić information content (AvgIpc) is 2.40. The van der Waals surface area contributed by atoms with Crippen molar-refractivity contribution in [1.82, 2.24) is 4.90 Å². The summed E-state index contributed by atoms with van der Waals surface area (Å²) in [5.74, 6) is 0.728. The number of carbonyl (C=O) groups is 1. The fraction of sp³-hybridized carbons (Fsp3) is 0.533. The van der Waals surface area contributed by atoms with Gasteiger partial charge in [0.15, 0.2) is 0 Å². The van der Waals surface area contributed by atoms with Gasteiger partial charge in [0.2, 0.25) is 0 Å². The third kappa shape index (κ3) is 3.19. The maximum Gasteiger partial charge on any atom is 0.324 e. The second-order valence-corrected chi connectivity index (χ2v) is 5.29. The van der Waals surface area contributed by atoms with E-state index < -0.39 is 0 Å². The molecule has 2 rings (SSSR count). The number of anilines is 2. The van der Waals surface area contributed by atoms with Crippen LogP contribution in [0.15, 0.2) is 24.3 Å². The predicted molar refractivity (Wildman–Crippen MR) is 79.2 cm³/mol. The Bertz CT molecular complexity index is 439. The van der Waals surface area contributed by atoms with E-state index in [0.717, 1.165) is 37.5 Å². The monoisotopic (exact) mass is 261 g/mol. The van der Waals surface area contributed by atoms with Crippen molar-refractivity contribution >= 4 is 17.4 Å². The van der Waals surface area contributed by atoms with Gasteiger partial charge >= 0.3 is 6.03 Å². The SMILES string of the molecule is CCN(C(=O)N1CCC(C)CC1)c1cccc(N)c1. The Kier molecular flexibility index (Phi) is 4.30. The molecule has 1 fully saturated rings. The topological polar surface area (TPSA) is 49.6 Å². The molecule has 1 aliphatic heterocycles. The maximum atomic E-state index is 12.6. The highest BCUT2D eigenvalue weighted by atomic mass is 16.2. The highest BCUT2D eigenvalue weighted by Crippen LogP contribution is 2.22. The molecular weight excluding hydrogens is 238 g/mol. The zero-order valence-electron chi connectivity index (χ0n) is 11.8. The number of hydrogen-bond donors (Lipinski definition) is 1. The van der Waals surface area contributed by atoms with Crippen LogP contribution in [-0.4, -0.2) is 30.6 Å². The second kappa shape index (κ2) is 5.95. The van der Waals surface area contributed by atoms with Gasteiger partial charge in [-0.2, -0.15) is 0 Å². The third-order valence-corrected chi connectivity index (χ3v) is 3.78. The molecule has 0 spiro atoms. The molecule has 0 radical (unpaired) electrons. The fourth-order valence-corrected chi connectivity index (χ4v) is 2.49. The Morgan fingerprint density at radius 1 is 1.42 bits per heavy atom. The summed E-state index contributed by atoms with van der Waals surface area (Å²) in [6.45, 7) is 6.62. The summed E-state index contributed by atoms with van der Waals surface area (Å²) >= 11 is 0. The third-order valence-electron chi connectivity index (χ3n) is 3.78. The Balaban J connectivity index is 2.11. The first-order chi connectivity index (χ1) is 9.11. The second-order valence-electron chi connectivity index (χ2n) is 5.29. The molecule has 0 aromatic heterocycles. The summed E-state index contributed by atoms with van der Waals surface area (Å²) in [7, 11) is 0. The van der Waals surface area contributed by atoms with E-state index in [1.54, 1.807) is 4.90 Å². The van der Waals surface area contributed by atoms with Crippen molar-refractivity contribution in [2.75, 3.05) is 30.3 Å². The molecule has 4 heteroatoms. The van der Waals surface area contributed by atoms with Gasteiger partial charge in [-0.25, -0.2) is 4.79 Å². The minimum Gasteiger partial charge on any atom is -0.399 e. The van der Waals surface area contributed by atoms with E-state index in [0.29, 0.717) is 12.2 Å². The number of nitrogens with zero attached hydrogens (tertiary/aromatic N) is 2. The normalized spacial score (nSPS) is 16.4. The van der Waals surface area contributed by atoms with E-state index in [4.69, 9.17) is 5.73 Å². The van der Waals surface area contributed by atoms with Gasteiger partial charge in [0.25, 0.3) is 0 Å². The number of amides is 2. The lowest BCUT2D eigenvalue weighted by molar-refractivity contribution is 0.180. The quantitative estimate of drug-likeness (QED) is 0.832. The van der Waals surface area contributed by atoms with Gasteiger partial charge in [-0.05, 0) is 43.9 Å². The van der Waals surface area contributed by atoms with E-state index in [1.807, 2.05) is 36.1 Å². The lowest BCUT2D eigenvalue weighted by Gasteiger charge is -2.34. The molecule has 1 aromatic rings. The van der Waals surface area contributed by atoms with E-state index in [2.05, 4.69) is 6.92 Å². The van der Waals surface area contributed by atoms with Crippen molar-refractivity contribution in [3.05, 3.63) is 24.3 Å². The van der Waals surface area contributed by atoms with Crippen LogP contribution in [0.25, 0.3) is 0 Å². The first-order valence-electron chi connectivity index (χ1n) is 7.03. The van der Waals surface area contributed by atoms with Crippen LogP contribution < -0.4 is 10.6 Å². The molecule has 2 N–H and O–H groups in total. The zero-order chi connectivity index (χ0) is 13.8. The van der Waals surface area contributed by atoms with Gasteiger partial charge in [-0.15, -0.1) is 0 Å². The molecule has 104 valence electrons. The number of piperidine rings is 1. The number of nitrogens with two attached hydrogens (primary N) is 1. The van der Waals surface area contributed by atoms with Crippen molar-refractivity contribution in [2.45, 2.75) is 26.7 Å². The lowest BCUT2D eigenvalue weighted by atomic mass is 9.99. The Morgan fingerprint density at radius 3 is 2.68 bits per heavy atom. The lowest BCUT2D eigenvalue weighted by Crippen LogP contribution is -2.46. The summed E-state index contributed by atoms with van der Waals surface area (Å²) in [6, 6.07) is 7.61. The van der Waals surface area contributed by atoms with Gasteiger partial charge in [0.05, 0.1) is 0 Å². The van der Waals surface area contributed by atoms with Gasteiger partial charge in [0.1, 0.15) is 0 Å². The maximum absolute atomic E-state index is 12.6. The van der Waals surface area contributed by atoms with Crippen LogP contribution in [0.4, 0.5) is 16.2 Å². The number of nitrogen functional groups attached to an aromatic ring is 1. The molecule has 0 saturated carbocycles. The summed E-state index contributed by atoms with van der Waals surface area (Å²) in [4.78, 5) is 16.3. The molecule has 19 heavy (non-hydrogen) atoms. The van der Waals surface area contributed by atoms with Crippen LogP contribution in [0, 0.1) is 5.92 Å². The molecule has 2 amide bonds. The molecule has 1 heterocycles. The molecule has 4 nitrogen and oxygen atoms in total. The van der Waals surface area contributed by atoms with Crippen molar-refractivity contribution in [1.29, 1.82) is 0 Å². The van der Waals surface area contributed by atoms with Crippen molar-refractivity contribution in [2.24, 2.45) is 5.92 Å². The number of likely N-dealkylation sites (tertiary alicyclic amines) is 1. The van der Waals surface area contributed by atoms with Crippen LogP contribution in [0.1, 0.15) is 26.7 Å². The van der Waals surface area contributed by atoms with Gasteiger partial charge in [-0.1, -0.05) is 13.0 Å². The summed E-state index contributed by atoms with van der Waals surface area (Å²) in [6.07, 6.45) is 2.19. The standard InChI is InChI=1S/C15H23N3O/c1-3-18(14-6-4-5-13(16)11-14)15(19)17-9-7-12(2)8-10-17/h4-6,11-12H,3,7-10,16H2,1-2H3. The van der Waals surface area contributed by atoms with Crippen molar-refractivity contribution in [3.8, 4) is 0 Å². The minimum absolute atomic E-state index is 0.0972. The first kappa shape index (κ1) is 13.7. The molecule has 0 atom stereocenters. The van der Waals surface area contributed by atoms with Crippen molar-refractivity contribution in [3.63, 3.8) is 0 Å². The Hall–Kier alpha value is -1.71. The van der Waals surface area contributed by atoms with E-state index in [9.17, 15) is 4.79 Å². The minimum atomic E-state index is 0.0972. The number of carbonyl (C=O) groups excluding carboxylic acids is 1. The van der Waals surface area contributed by atoms with E-state index >= 15 is 0 Å². The zero-order valence-corrected chi connectivity index (χ0v) is 11.8. The smallest absolute Gasteiger partial charge is 0.324 e. The number of urea groups is 1. The number of hydrogen-bond acceptors (Lipinski definition) is 2. The van der Waals surface area contributed by atoms with Crippen LogP contribution in [0.3, 0.4) is 0 Å². The number of rotatable bonds is 2. The van der Waals surface area contributed by atoms with Gasteiger partial charge in [0, 0.05) is 31.0 Å². The first-order valence-corrected chi connectivity index (χ1v) is 7.03. The van der Waals surface area contributed by atoms with Gasteiger partial charge in [-0.3, -0.25) is 4.90 Å². The molecule has 0 bridgehead atoms. The predicted octanol–water partition coefficient (Wildman–Crippen LogP) is 2.95. The van der Waals surface area contributed by atoms with Gasteiger partial charge < -0.3 is 10.6 Å². The van der Waals surface area contributed by atoms with Crippen LogP contribution in [0.2, 0.25) is 0 Å².